The Morgan fingerprint density at radius 2 is 1.48 bits per heavy atom. The Balaban J connectivity index is 2.06. The first kappa shape index (κ1) is 21.9. The molecule has 0 heterocycles. The van der Waals surface area contributed by atoms with Crippen LogP contribution in [-0.2, 0) is 18.0 Å². The molecule has 2 aromatic rings. The molecule has 0 fully saturated rings. The molecule has 29 heavy (non-hydrogen) atoms. The van der Waals surface area contributed by atoms with Crippen LogP contribution in [0.15, 0.2) is 60.4 Å². The molecule has 0 saturated carbocycles. The molecule has 0 aromatic heterocycles. The van der Waals surface area contributed by atoms with E-state index < -0.39 is 0 Å². The SMILES string of the molecule is COc1ccc(/C=C/C(=O)/C=C(O)/C=C/c2ccc(CO)c(CO)c2)cc1OC. The zero-order valence-corrected chi connectivity index (χ0v) is 16.3. The quantitative estimate of drug-likeness (QED) is 0.341. The molecule has 2 aromatic carbocycles. The Labute approximate surface area is 169 Å². The van der Waals surface area contributed by atoms with Gasteiger partial charge in [-0.3, -0.25) is 4.79 Å². The first-order valence-corrected chi connectivity index (χ1v) is 8.87. The Morgan fingerprint density at radius 3 is 2.14 bits per heavy atom. The fourth-order valence-corrected chi connectivity index (χ4v) is 2.61. The van der Waals surface area contributed by atoms with E-state index in [9.17, 15) is 20.1 Å². The van der Waals surface area contributed by atoms with E-state index in [1.165, 1.54) is 19.3 Å². The van der Waals surface area contributed by atoms with E-state index in [-0.39, 0.29) is 24.8 Å². The molecule has 6 heteroatoms. The van der Waals surface area contributed by atoms with E-state index >= 15 is 0 Å². The summed E-state index contributed by atoms with van der Waals surface area (Å²) in [6, 6.07) is 10.4. The average Bonchev–Trinajstić information content (AvgIpc) is 2.75. The van der Waals surface area contributed by atoms with Crippen LogP contribution in [0, 0.1) is 0 Å². The van der Waals surface area contributed by atoms with Gasteiger partial charge in [0.15, 0.2) is 17.3 Å². The maximum Gasteiger partial charge on any atom is 0.182 e. The number of hydrogen-bond donors (Lipinski definition) is 3. The molecule has 0 amide bonds. The van der Waals surface area contributed by atoms with Crippen molar-refractivity contribution < 1.29 is 29.6 Å². The summed E-state index contributed by atoms with van der Waals surface area (Å²) in [5.41, 5.74) is 2.71. The van der Waals surface area contributed by atoms with Crippen LogP contribution in [0.1, 0.15) is 22.3 Å². The Morgan fingerprint density at radius 1 is 0.862 bits per heavy atom. The number of rotatable bonds is 9. The van der Waals surface area contributed by atoms with Crippen molar-refractivity contribution in [2.45, 2.75) is 13.2 Å². The van der Waals surface area contributed by atoms with Gasteiger partial charge in [0, 0.05) is 6.08 Å². The lowest BCUT2D eigenvalue weighted by Crippen LogP contribution is -1.94. The Bertz CT molecular complexity index is 940. The van der Waals surface area contributed by atoms with Gasteiger partial charge in [-0.05, 0) is 52.6 Å². The van der Waals surface area contributed by atoms with Crippen molar-refractivity contribution in [2.75, 3.05) is 14.2 Å². The molecule has 0 saturated heterocycles. The third-order valence-corrected chi connectivity index (χ3v) is 4.16. The van der Waals surface area contributed by atoms with Gasteiger partial charge >= 0.3 is 0 Å². The number of hydrogen-bond acceptors (Lipinski definition) is 6. The van der Waals surface area contributed by atoms with E-state index in [1.54, 1.807) is 55.7 Å². The van der Waals surface area contributed by atoms with Crippen molar-refractivity contribution in [2.24, 2.45) is 0 Å². The maximum atomic E-state index is 12.0. The summed E-state index contributed by atoms with van der Waals surface area (Å²) in [6.07, 6.45) is 7.04. The van der Waals surface area contributed by atoms with Crippen LogP contribution in [0.25, 0.3) is 12.2 Å². The highest BCUT2D eigenvalue weighted by Crippen LogP contribution is 2.28. The average molecular weight is 396 g/mol. The first-order valence-electron chi connectivity index (χ1n) is 8.87. The molecule has 0 aliphatic carbocycles. The lowest BCUT2D eigenvalue weighted by Gasteiger charge is -2.07. The summed E-state index contributed by atoms with van der Waals surface area (Å²) in [5.74, 6) is 0.560. The third-order valence-electron chi connectivity index (χ3n) is 4.16. The van der Waals surface area contributed by atoms with Crippen molar-refractivity contribution in [1.82, 2.24) is 0 Å². The van der Waals surface area contributed by atoms with Gasteiger partial charge in [-0.25, -0.2) is 0 Å². The molecule has 152 valence electrons. The van der Waals surface area contributed by atoms with Crippen LogP contribution in [0.5, 0.6) is 11.5 Å². The summed E-state index contributed by atoms with van der Waals surface area (Å²) >= 11 is 0. The highest BCUT2D eigenvalue weighted by atomic mass is 16.5. The molecule has 0 spiro atoms. The fourth-order valence-electron chi connectivity index (χ4n) is 2.61. The third kappa shape index (κ3) is 6.34. The van der Waals surface area contributed by atoms with E-state index in [0.29, 0.717) is 22.6 Å². The monoisotopic (exact) mass is 396 g/mol. The van der Waals surface area contributed by atoms with Crippen molar-refractivity contribution in [3.8, 4) is 11.5 Å². The molecule has 0 radical (unpaired) electrons. The summed E-state index contributed by atoms with van der Waals surface area (Å²) in [6.45, 7) is -0.356. The summed E-state index contributed by atoms with van der Waals surface area (Å²) in [5, 5.41) is 28.5. The zero-order chi connectivity index (χ0) is 21.2. The molecular formula is C23H24O6. The predicted molar refractivity (Wildman–Crippen MR) is 112 cm³/mol. The summed E-state index contributed by atoms with van der Waals surface area (Å²) < 4.78 is 10.4. The molecule has 6 nitrogen and oxygen atoms in total. The van der Waals surface area contributed by atoms with Crippen LogP contribution >= 0.6 is 0 Å². The van der Waals surface area contributed by atoms with Gasteiger partial charge in [-0.15, -0.1) is 0 Å². The molecule has 0 aliphatic rings. The van der Waals surface area contributed by atoms with Crippen LogP contribution in [0.3, 0.4) is 0 Å². The van der Waals surface area contributed by atoms with Crippen LogP contribution < -0.4 is 9.47 Å². The second-order valence-electron chi connectivity index (χ2n) is 6.10. The summed E-state index contributed by atoms with van der Waals surface area (Å²) in [4.78, 5) is 12.0. The smallest absolute Gasteiger partial charge is 0.182 e. The van der Waals surface area contributed by atoms with Crippen molar-refractivity contribution in [3.05, 3.63) is 82.6 Å². The highest BCUT2D eigenvalue weighted by Gasteiger charge is 2.03. The minimum Gasteiger partial charge on any atom is -0.508 e. The van der Waals surface area contributed by atoms with Gasteiger partial charge in [0.25, 0.3) is 0 Å². The number of carbonyl (C=O) groups excluding carboxylic acids is 1. The largest absolute Gasteiger partial charge is 0.508 e. The number of aliphatic hydroxyl groups is 3. The van der Waals surface area contributed by atoms with Crippen molar-refractivity contribution in [1.29, 1.82) is 0 Å². The van der Waals surface area contributed by atoms with Gasteiger partial charge in [0.1, 0.15) is 5.76 Å². The molecule has 0 aliphatic heterocycles. The van der Waals surface area contributed by atoms with Gasteiger partial charge < -0.3 is 24.8 Å². The standard InChI is InChI=1S/C23H24O6/c1-28-22-10-6-17(12-23(22)29-2)5-9-21(27)13-20(26)8-4-16-3-7-18(14-24)19(11-16)15-25/h3-13,24-26H,14-15H2,1-2H3/b8-4+,9-5+,20-13-. The number of ether oxygens (including phenoxy) is 2. The van der Waals surface area contributed by atoms with Crippen LogP contribution in [0.2, 0.25) is 0 Å². The van der Waals surface area contributed by atoms with Crippen LogP contribution in [0.4, 0.5) is 0 Å². The van der Waals surface area contributed by atoms with Gasteiger partial charge in [-0.1, -0.05) is 30.4 Å². The van der Waals surface area contributed by atoms with Gasteiger partial charge in [-0.2, -0.15) is 0 Å². The molecule has 0 bridgehead atoms. The number of aliphatic hydroxyl groups excluding tert-OH is 3. The molecule has 0 atom stereocenters. The van der Waals surface area contributed by atoms with Gasteiger partial charge in [0.2, 0.25) is 0 Å². The van der Waals surface area contributed by atoms with E-state index in [4.69, 9.17) is 9.47 Å². The van der Waals surface area contributed by atoms with E-state index in [1.807, 2.05) is 0 Å². The fraction of sp³-hybridized carbons (Fsp3) is 0.174. The molecular weight excluding hydrogens is 372 g/mol. The first-order chi connectivity index (χ1) is 14.0. The van der Waals surface area contributed by atoms with Crippen LogP contribution in [-0.4, -0.2) is 35.3 Å². The van der Waals surface area contributed by atoms with Crippen molar-refractivity contribution >= 4 is 17.9 Å². The number of ketones is 1. The topological polar surface area (TPSA) is 96.2 Å². The van der Waals surface area contributed by atoms with E-state index in [2.05, 4.69) is 0 Å². The summed E-state index contributed by atoms with van der Waals surface area (Å²) in [7, 11) is 3.08. The number of allylic oxidation sites excluding steroid dienone is 3. The Hall–Kier alpha value is -3.35. The lowest BCUT2D eigenvalue weighted by molar-refractivity contribution is -0.110. The zero-order valence-electron chi connectivity index (χ0n) is 16.3. The number of carbonyl (C=O) groups is 1. The van der Waals surface area contributed by atoms with E-state index in [0.717, 1.165) is 17.2 Å². The second-order valence-corrected chi connectivity index (χ2v) is 6.10. The van der Waals surface area contributed by atoms with Gasteiger partial charge in [0.05, 0.1) is 27.4 Å². The molecule has 0 unspecified atom stereocenters. The maximum absolute atomic E-state index is 12.0. The predicted octanol–water partition coefficient (Wildman–Crippen LogP) is 3.43. The normalized spacial score (nSPS) is 11.9. The number of benzene rings is 2. The van der Waals surface area contributed by atoms with Crippen molar-refractivity contribution in [3.63, 3.8) is 0 Å². The minimum atomic E-state index is -0.381. The Kier molecular flexibility index (Phi) is 8.21. The molecule has 2 rings (SSSR count). The second kappa shape index (κ2) is 10.8. The minimum absolute atomic E-state index is 0.161. The lowest BCUT2D eigenvalue weighted by atomic mass is 10.0. The number of methoxy groups -OCH3 is 2. The molecule has 3 N–H and O–H groups in total. The highest BCUT2D eigenvalue weighted by molar-refractivity contribution is 6.02.